The third kappa shape index (κ3) is 5.05. The molecule has 0 aromatic heterocycles. The molecular weight excluding hydrogens is 316 g/mol. The lowest BCUT2D eigenvalue weighted by molar-refractivity contribution is -0.143. The highest BCUT2D eigenvalue weighted by molar-refractivity contribution is 6.00. The van der Waals surface area contributed by atoms with E-state index in [2.05, 4.69) is 0 Å². The monoisotopic (exact) mass is 334 g/mol. The van der Waals surface area contributed by atoms with E-state index >= 15 is 0 Å². The summed E-state index contributed by atoms with van der Waals surface area (Å²) in [7, 11) is 0. The largest absolute Gasteiger partial charge is 0.451 e. The van der Waals surface area contributed by atoms with Gasteiger partial charge in [0.15, 0.2) is 6.61 Å². The van der Waals surface area contributed by atoms with E-state index in [1.165, 1.54) is 11.0 Å². The molecule has 25 heavy (non-hydrogen) atoms. The molecule has 0 N–H and O–H groups in total. The molecule has 2 rings (SSSR count). The standard InChI is InChI=1S/C20H18N2O3/c1-2-22(18-11-7-4-8-12-18)19(23)15-25-20(24)17(14-21)13-16-9-5-3-6-10-16/h3-13H,2,15H2,1H3/b17-13+. The van der Waals surface area contributed by atoms with Gasteiger partial charge in [0.25, 0.3) is 5.91 Å². The van der Waals surface area contributed by atoms with E-state index in [4.69, 9.17) is 10.00 Å². The van der Waals surface area contributed by atoms with Crippen molar-refractivity contribution in [3.63, 3.8) is 0 Å². The van der Waals surface area contributed by atoms with E-state index in [1.54, 1.807) is 36.4 Å². The van der Waals surface area contributed by atoms with Crippen molar-refractivity contribution in [3.8, 4) is 6.07 Å². The SMILES string of the molecule is CCN(C(=O)COC(=O)/C(C#N)=C/c1ccccc1)c1ccccc1. The van der Waals surface area contributed by atoms with Crippen molar-refractivity contribution in [1.29, 1.82) is 5.26 Å². The number of rotatable bonds is 6. The summed E-state index contributed by atoms with van der Waals surface area (Å²) in [5.41, 5.74) is 1.29. The Morgan fingerprint density at radius 1 is 1.08 bits per heavy atom. The molecule has 0 heterocycles. The van der Waals surface area contributed by atoms with E-state index in [0.29, 0.717) is 12.1 Å². The fourth-order valence-electron chi connectivity index (χ4n) is 2.25. The Balaban J connectivity index is 2.01. The molecule has 0 bridgehead atoms. The zero-order chi connectivity index (χ0) is 18.1. The summed E-state index contributed by atoms with van der Waals surface area (Å²) >= 11 is 0. The maximum atomic E-state index is 12.3. The average molecular weight is 334 g/mol. The fraction of sp³-hybridized carbons (Fsp3) is 0.150. The number of carbonyl (C=O) groups excluding carboxylic acids is 2. The van der Waals surface area contributed by atoms with E-state index in [1.807, 2.05) is 37.3 Å². The van der Waals surface area contributed by atoms with Crippen molar-refractivity contribution in [2.45, 2.75) is 6.92 Å². The van der Waals surface area contributed by atoms with Crippen LogP contribution < -0.4 is 4.90 Å². The van der Waals surface area contributed by atoms with E-state index < -0.39 is 12.6 Å². The van der Waals surface area contributed by atoms with Gasteiger partial charge in [0, 0.05) is 12.2 Å². The second-order valence-corrected chi connectivity index (χ2v) is 5.13. The first-order valence-electron chi connectivity index (χ1n) is 7.85. The maximum Gasteiger partial charge on any atom is 0.349 e. The Bertz CT molecular complexity index is 793. The molecule has 0 saturated carbocycles. The molecule has 5 nitrogen and oxygen atoms in total. The number of para-hydroxylation sites is 1. The van der Waals surface area contributed by atoms with E-state index in [9.17, 15) is 9.59 Å². The molecule has 0 aliphatic carbocycles. The highest BCUT2D eigenvalue weighted by Gasteiger charge is 2.17. The third-order valence-electron chi connectivity index (χ3n) is 3.46. The average Bonchev–Trinajstić information content (AvgIpc) is 2.66. The first kappa shape index (κ1) is 18.0. The number of anilines is 1. The van der Waals surface area contributed by atoms with Gasteiger partial charge in [-0.2, -0.15) is 5.26 Å². The predicted octanol–water partition coefficient (Wildman–Crippen LogP) is 3.19. The van der Waals surface area contributed by atoms with Gasteiger partial charge in [0.2, 0.25) is 0 Å². The first-order valence-corrected chi connectivity index (χ1v) is 7.85. The number of hydrogen-bond acceptors (Lipinski definition) is 4. The van der Waals surface area contributed by atoms with Crippen LogP contribution in [0, 0.1) is 11.3 Å². The Labute approximate surface area is 146 Å². The van der Waals surface area contributed by atoms with Gasteiger partial charge in [-0.25, -0.2) is 4.79 Å². The van der Waals surface area contributed by atoms with Crippen LogP contribution in [0.15, 0.2) is 66.2 Å². The van der Waals surface area contributed by atoms with Gasteiger partial charge in [-0.1, -0.05) is 48.5 Å². The van der Waals surface area contributed by atoms with Crippen LogP contribution in [0.5, 0.6) is 0 Å². The second-order valence-electron chi connectivity index (χ2n) is 5.13. The number of esters is 1. The van der Waals surface area contributed by atoms with Crippen LogP contribution in [0.1, 0.15) is 12.5 Å². The number of hydrogen-bond donors (Lipinski definition) is 0. The molecule has 5 heteroatoms. The van der Waals surface area contributed by atoms with Gasteiger partial charge in [0.1, 0.15) is 11.6 Å². The summed E-state index contributed by atoms with van der Waals surface area (Å²) in [6.45, 7) is 1.86. The highest BCUT2D eigenvalue weighted by atomic mass is 16.5. The Hall–Kier alpha value is -3.39. The minimum absolute atomic E-state index is 0.151. The molecule has 0 atom stereocenters. The molecule has 0 radical (unpaired) electrons. The Morgan fingerprint density at radius 2 is 1.68 bits per heavy atom. The number of ether oxygens (including phenoxy) is 1. The molecule has 2 aromatic carbocycles. The van der Waals surface area contributed by atoms with Gasteiger partial charge in [0.05, 0.1) is 0 Å². The van der Waals surface area contributed by atoms with Crippen LogP contribution in [-0.4, -0.2) is 25.0 Å². The normalized spacial score (nSPS) is 10.6. The first-order chi connectivity index (χ1) is 12.2. The van der Waals surface area contributed by atoms with Crippen molar-refractivity contribution in [2.75, 3.05) is 18.1 Å². The summed E-state index contributed by atoms with van der Waals surface area (Å²) in [4.78, 5) is 25.9. The molecule has 0 aliphatic heterocycles. The third-order valence-corrected chi connectivity index (χ3v) is 3.46. The molecule has 2 aromatic rings. The van der Waals surface area contributed by atoms with Crippen molar-refractivity contribution in [2.24, 2.45) is 0 Å². The van der Waals surface area contributed by atoms with Gasteiger partial charge >= 0.3 is 5.97 Å². The summed E-state index contributed by atoms with van der Waals surface area (Å²) in [6.07, 6.45) is 1.43. The summed E-state index contributed by atoms with van der Waals surface area (Å²) in [5.74, 6) is -1.16. The number of nitrogens with zero attached hydrogens (tertiary/aromatic N) is 2. The lowest BCUT2D eigenvalue weighted by Gasteiger charge is -2.20. The van der Waals surface area contributed by atoms with E-state index in [0.717, 1.165) is 5.69 Å². The Morgan fingerprint density at radius 3 is 2.24 bits per heavy atom. The fourth-order valence-corrected chi connectivity index (χ4v) is 2.25. The Kier molecular flexibility index (Phi) is 6.49. The molecule has 0 fully saturated rings. The number of nitriles is 1. The molecule has 126 valence electrons. The van der Waals surface area contributed by atoms with Crippen LogP contribution in [-0.2, 0) is 14.3 Å². The van der Waals surface area contributed by atoms with Crippen LogP contribution in [0.4, 0.5) is 5.69 Å². The van der Waals surface area contributed by atoms with Crippen molar-refractivity contribution in [3.05, 3.63) is 71.8 Å². The van der Waals surface area contributed by atoms with Crippen LogP contribution >= 0.6 is 0 Å². The molecule has 0 saturated heterocycles. The summed E-state index contributed by atoms with van der Waals surface area (Å²) < 4.78 is 5.01. The number of carbonyl (C=O) groups is 2. The highest BCUT2D eigenvalue weighted by Crippen LogP contribution is 2.13. The minimum Gasteiger partial charge on any atom is -0.451 e. The van der Waals surface area contributed by atoms with Crippen molar-refractivity contribution >= 4 is 23.6 Å². The lowest BCUT2D eigenvalue weighted by Crippen LogP contribution is -2.34. The lowest BCUT2D eigenvalue weighted by atomic mass is 10.1. The van der Waals surface area contributed by atoms with E-state index in [-0.39, 0.29) is 11.5 Å². The number of amides is 1. The summed E-state index contributed by atoms with van der Waals surface area (Å²) in [5, 5.41) is 9.14. The molecule has 0 spiro atoms. The topological polar surface area (TPSA) is 70.4 Å². The zero-order valence-corrected chi connectivity index (χ0v) is 13.9. The quantitative estimate of drug-likeness (QED) is 0.462. The molecule has 0 unspecified atom stereocenters. The van der Waals surface area contributed by atoms with Crippen LogP contribution in [0.2, 0.25) is 0 Å². The smallest absolute Gasteiger partial charge is 0.349 e. The second kappa shape index (κ2) is 9.04. The maximum absolute atomic E-state index is 12.3. The van der Waals surface area contributed by atoms with Gasteiger partial charge in [-0.3, -0.25) is 4.79 Å². The molecular formula is C20H18N2O3. The van der Waals surface area contributed by atoms with Crippen molar-refractivity contribution in [1.82, 2.24) is 0 Å². The minimum atomic E-state index is -0.816. The van der Waals surface area contributed by atoms with Crippen LogP contribution in [0.25, 0.3) is 6.08 Å². The number of likely N-dealkylation sites (N-methyl/N-ethyl adjacent to an activating group) is 1. The zero-order valence-electron chi connectivity index (χ0n) is 13.9. The van der Waals surface area contributed by atoms with Gasteiger partial charge < -0.3 is 9.64 Å². The van der Waals surface area contributed by atoms with Crippen molar-refractivity contribution < 1.29 is 14.3 Å². The van der Waals surface area contributed by atoms with Gasteiger partial charge in [-0.05, 0) is 30.7 Å². The predicted molar refractivity (Wildman–Crippen MR) is 95.5 cm³/mol. The summed E-state index contributed by atoms with van der Waals surface area (Å²) in [6, 6.07) is 19.9. The molecule has 0 aliphatic rings. The molecule has 1 amide bonds. The van der Waals surface area contributed by atoms with Crippen LogP contribution in [0.3, 0.4) is 0 Å². The van der Waals surface area contributed by atoms with Gasteiger partial charge in [-0.15, -0.1) is 0 Å². The number of benzene rings is 2.